The van der Waals surface area contributed by atoms with E-state index in [9.17, 15) is 0 Å². The largest absolute Gasteiger partial charge is 0.495 e. The van der Waals surface area contributed by atoms with Gasteiger partial charge in [-0.3, -0.25) is 4.90 Å². The molecule has 0 radical (unpaired) electrons. The van der Waals surface area contributed by atoms with E-state index in [-0.39, 0.29) is 6.61 Å². The highest BCUT2D eigenvalue weighted by molar-refractivity contribution is 5.59. The van der Waals surface area contributed by atoms with Crippen molar-refractivity contribution in [3.8, 4) is 5.75 Å². The molecule has 2 rings (SSSR count). The van der Waals surface area contributed by atoms with Gasteiger partial charge in [0.05, 0.1) is 19.4 Å². The Balaban J connectivity index is 2.04. The molecule has 1 saturated heterocycles. The Morgan fingerprint density at radius 2 is 2.22 bits per heavy atom. The molecule has 0 saturated carbocycles. The molecule has 0 aromatic heterocycles. The van der Waals surface area contributed by atoms with Crippen LogP contribution in [0.2, 0.25) is 0 Å². The lowest BCUT2D eigenvalue weighted by molar-refractivity contribution is 0.188. The summed E-state index contributed by atoms with van der Waals surface area (Å²) in [5, 5.41) is 8.99. The average molecular weight is 250 g/mol. The molecule has 1 unspecified atom stereocenters. The lowest BCUT2D eigenvalue weighted by Gasteiger charge is -2.25. The predicted octanol–water partition coefficient (Wildman–Crippen LogP) is 1.20. The van der Waals surface area contributed by atoms with E-state index in [4.69, 9.17) is 9.84 Å². The van der Waals surface area contributed by atoms with Gasteiger partial charge in [0.15, 0.2) is 0 Å². The Bertz CT molecular complexity index is 384. The van der Waals surface area contributed by atoms with Gasteiger partial charge in [-0.05, 0) is 25.6 Å². The second kappa shape index (κ2) is 6.07. The van der Waals surface area contributed by atoms with Crippen molar-refractivity contribution in [2.24, 2.45) is 0 Å². The highest BCUT2D eigenvalue weighted by atomic mass is 16.5. The maximum Gasteiger partial charge on any atom is 0.142 e. The summed E-state index contributed by atoms with van der Waals surface area (Å²) in [5.41, 5.74) is 1.17. The molecule has 100 valence electrons. The number of methoxy groups -OCH3 is 1. The second-order valence-electron chi connectivity index (χ2n) is 4.76. The third-order valence-corrected chi connectivity index (χ3v) is 3.67. The monoisotopic (exact) mass is 250 g/mol. The topological polar surface area (TPSA) is 35.9 Å². The molecule has 1 aromatic carbocycles. The maximum absolute atomic E-state index is 8.99. The van der Waals surface area contributed by atoms with Crippen molar-refractivity contribution in [1.29, 1.82) is 0 Å². The number of hydrogen-bond acceptors (Lipinski definition) is 4. The highest BCUT2D eigenvalue weighted by Gasteiger charge is 2.26. The number of para-hydroxylation sites is 2. The Morgan fingerprint density at radius 1 is 1.44 bits per heavy atom. The third kappa shape index (κ3) is 2.76. The van der Waals surface area contributed by atoms with Gasteiger partial charge in [0.1, 0.15) is 5.75 Å². The minimum Gasteiger partial charge on any atom is -0.495 e. The fraction of sp³-hybridized carbons (Fsp3) is 0.571. The smallest absolute Gasteiger partial charge is 0.142 e. The SMILES string of the molecule is COc1ccccc1N1CCC(N(C)CCO)C1. The Kier molecular flexibility index (Phi) is 4.44. The lowest BCUT2D eigenvalue weighted by Crippen LogP contribution is -2.36. The molecule has 4 nitrogen and oxygen atoms in total. The zero-order valence-electron chi connectivity index (χ0n) is 11.2. The van der Waals surface area contributed by atoms with Gasteiger partial charge in [0.2, 0.25) is 0 Å². The molecule has 1 atom stereocenters. The summed E-state index contributed by atoms with van der Waals surface area (Å²) in [6.45, 7) is 3.00. The summed E-state index contributed by atoms with van der Waals surface area (Å²) >= 11 is 0. The normalized spacial score (nSPS) is 19.6. The Labute approximate surface area is 109 Å². The van der Waals surface area contributed by atoms with Gasteiger partial charge in [-0.15, -0.1) is 0 Å². The molecule has 1 N–H and O–H groups in total. The minimum atomic E-state index is 0.224. The van der Waals surface area contributed by atoms with Crippen LogP contribution in [-0.4, -0.2) is 56.4 Å². The minimum absolute atomic E-state index is 0.224. The van der Waals surface area contributed by atoms with Crippen LogP contribution in [-0.2, 0) is 0 Å². The van der Waals surface area contributed by atoms with E-state index < -0.39 is 0 Å². The number of aliphatic hydroxyl groups excluding tert-OH is 1. The molecule has 1 aromatic rings. The fourth-order valence-electron chi connectivity index (χ4n) is 2.55. The number of hydrogen-bond donors (Lipinski definition) is 1. The van der Waals surface area contributed by atoms with Gasteiger partial charge in [0.25, 0.3) is 0 Å². The summed E-state index contributed by atoms with van der Waals surface area (Å²) in [6.07, 6.45) is 1.13. The number of ether oxygens (including phenoxy) is 1. The standard InChI is InChI=1S/C14H22N2O2/c1-15(9-10-17)12-7-8-16(11-12)13-5-3-4-6-14(13)18-2/h3-6,12,17H,7-11H2,1-2H3. The summed E-state index contributed by atoms with van der Waals surface area (Å²) in [7, 11) is 3.79. The maximum atomic E-state index is 8.99. The van der Waals surface area contributed by atoms with E-state index in [1.807, 2.05) is 18.2 Å². The van der Waals surface area contributed by atoms with Gasteiger partial charge in [-0.25, -0.2) is 0 Å². The molecule has 1 heterocycles. The van der Waals surface area contributed by atoms with Crippen LogP contribution in [0.25, 0.3) is 0 Å². The third-order valence-electron chi connectivity index (χ3n) is 3.67. The zero-order valence-corrected chi connectivity index (χ0v) is 11.2. The molecular weight excluding hydrogens is 228 g/mol. The van der Waals surface area contributed by atoms with Crippen molar-refractivity contribution in [2.45, 2.75) is 12.5 Å². The summed E-state index contributed by atoms with van der Waals surface area (Å²) in [6, 6.07) is 8.66. The van der Waals surface area contributed by atoms with Crippen LogP contribution >= 0.6 is 0 Å². The van der Waals surface area contributed by atoms with Crippen molar-refractivity contribution in [3.63, 3.8) is 0 Å². The molecule has 18 heavy (non-hydrogen) atoms. The number of aliphatic hydroxyl groups is 1. The van der Waals surface area contributed by atoms with Gasteiger partial charge < -0.3 is 14.7 Å². The zero-order chi connectivity index (χ0) is 13.0. The molecule has 4 heteroatoms. The van der Waals surface area contributed by atoms with Crippen molar-refractivity contribution in [3.05, 3.63) is 24.3 Å². The summed E-state index contributed by atoms with van der Waals surface area (Å²) in [4.78, 5) is 4.59. The molecule has 0 bridgehead atoms. The number of likely N-dealkylation sites (N-methyl/N-ethyl adjacent to an activating group) is 1. The predicted molar refractivity (Wildman–Crippen MR) is 73.3 cm³/mol. The molecule has 1 aliphatic heterocycles. The number of rotatable bonds is 5. The van der Waals surface area contributed by atoms with E-state index >= 15 is 0 Å². The van der Waals surface area contributed by atoms with E-state index in [0.29, 0.717) is 6.04 Å². The van der Waals surface area contributed by atoms with Crippen LogP contribution in [0.1, 0.15) is 6.42 Å². The Hall–Kier alpha value is -1.26. The molecule has 0 aliphatic carbocycles. The van der Waals surface area contributed by atoms with Gasteiger partial charge >= 0.3 is 0 Å². The number of benzene rings is 1. The quantitative estimate of drug-likeness (QED) is 0.852. The lowest BCUT2D eigenvalue weighted by atomic mass is 10.2. The summed E-state index contributed by atoms with van der Waals surface area (Å²) in [5.74, 6) is 0.933. The van der Waals surface area contributed by atoms with Gasteiger partial charge in [-0.1, -0.05) is 12.1 Å². The van der Waals surface area contributed by atoms with Crippen LogP contribution in [0.5, 0.6) is 5.75 Å². The van der Waals surface area contributed by atoms with Crippen LogP contribution < -0.4 is 9.64 Å². The molecule has 1 fully saturated rings. The number of nitrogens with zero attached hydrogens (tertiary/aromatic N) is 2. The van der Waals surface area contributed by atoms with Gasteiger partial charge in [-0.2, -0.15) is 0 Å². The van der Waals surface area contributed by atoms with Crippen LogP contribution in [0.4, 0.5) is 5.69 Å². The van der Waals surface area contributed by atoms with Crippen molar-refractivity contribution in [2.75, 3.05) is 45.3 Å². The first-order valence-electron chi connectivity index (χ1n) is 6.45. The van der Waals surface area contributed by atoms with Crippen LogP contribution in [0.15, 0.2) is 24.3 Å². The van der Waals surface area contributed by atoms with Gasteiger partial charge in [0, 0.05) is 25.7 Å². The first-order valence-corrected chi connectivity index (χ1v) is 6.45. The van der Waals surface area contributed by atoms with E-state index in [2.05, 4.69) is 22.9 Å². The van der Waals surface area contributed by atoms with E-state index in [1.165, 1.54) is 5.69 Å². The summed E-state index contributed by atoms with van der Waals surface area (Å²) < 4.78 is 5.41. The number of anilines is 1. The average Bonchev–Trinajstić information content (AvgIpc) is 2.88. The van der Waals surface area contributed by atoms with Crippen molar-refractivity contribution in [1.82, 2.24) is 4.90 Å². The first-order chi connectivity index (χ1) is 8.76. The molecule has 1 aliphatic rings. The highest BCUT2D eigenvalue weighted by Crippen LogP contribution is 2.31. The Morgan fingerprint density at radius 3 is 2.94 bits per heavy atom. The van der Waals surface area contributed by atoms with Crippen LogP contribution in [0.3, 0.4) is 0 Å². The second-order valence-corrected chi connectivity index (χ2v) is 4.76. The molecular formula is C14H22N2O2. The van der Waals surface area contributed by atoms with Crippen molar-refractivity contribution < 1.29 is 9.84 Å². The van der Waals surface area contributed by atoms with E-state index in [0.717, 1.165) is 31.8 Å². The fourth-order valence-corrected chi connectivity index (χ4v) is 2.55. The first kappa shape index (κ1) is 13.2. The van der Waals surface area contributed by atoms with Crippen molar-refractivity contribution >= 4 is 5.69 Å². The molecule has 0 amide bonds. The van der Waals surface area contributed by atoms with Crippen LogP contribution in [0, 0.1) is 0 Å². The van der Waals surface area contributed by atoms with E-state index in [1.54, 1.807) is 7.11 Å². The molecule has 0 spiro atoms.